The molecule has 0 saturated carbocycles. The van der Waals surface area contributed by atoms with Crippen molar-refractivity contribution in [3.63, 3.8) is 0 Å². The lowest BCUT2D eigenvalue weighted by Gasteiger charge is -2.34. The molecule has 0 spiro atoms. The minimum atomic E-state index is 0.170. The molecule has 2 N–H and O–H groups in total. The molecule has 0 radical (unpaired) electrons. The molecule has 100 valence electrons. The third-order valence-corrected chi connectivity index (χ3v) is 3.99. The van der Waals surface area contributed by atoms with E-state index in [0.29, 0.717) is 5.92 Å². The highest BCUT2D eigenvalue weighted by Gasteiger charge is 2.28. The van der Waals surface area contributed by atoms with Gasteiger partial charge in [-0.05, 0) is 36.7 Å². The number of ether oxygens (including phenoxy) is 1. The van der Waals surface area contributed by atoms with Gasteiger partial charge in [-0.25, -0.2) is 0 Å². The van der Waals surface area contributed by atoms with Crippen molar-refractivity contribution in [3.8, 4) is 0 Å². The SMILES string of the molecule is CC(C)[C@H](N)C1CC(Cc2ccccc2)CCO1. The summed E-state index contributed by atoms with van der Waals surface area (Å²) in [6.07, 6.45) is 3.67. The highest BCUT2D eigenvalue weighted by atomic mass is 16.5. The van der Waals surface area contributed by atoms with E-state index in [1.165, 1.54) is 5.56 Å². The summed E-state index contributed by atoms with van der Waals surface area (Å²) in [5.74, 6) is 1.21. The van der Waals surface area contributed by atoms with Gasteiger partial charge in [0.05, 0.1) is 6.10 Å². The zero-order valence-electron chi connectivity index (χ0n) is 11.5. The van der Waals surface area contributed by atoms with Gasteiger partial charge in [0.2, 0.25) is 0 Å². The summed E-state index contributed by atoms with van der Waals surface area (Å²) in [6.45, 7) is 5.21. The average molecular weight is 247 g/mol. The van der Waals surface area contributed by atoms with Crippen molar-refractivity contribution in [1.29, 1.82) is 0 Å². The normalized spacial score (nSPS) is 26.2. The quantitative estimate of drug-likeness (QED) is 0.887. The molecule has 2 nitrogen and oxygen atoms in total. The Hall–Kier alpha value is -0.860. The smallest absolute Gasteiger partial charge is 0.0731 e. The third kappa shape index (κ3) is 3.56. The molecule has 1 aromatic rings. The van der Waals surface area contributed by atoms with Crippen LogP contribution < -0.4 is 5.73 Å². The molecule has 0 amide bonds. The van der Waals surface area contributed by atoms with Crippen molar-refractivity contribution in [1.82, 2.24) is 0 Å². The molecule has 1 fully saturated rings. The minimum Gasteiger partial charge on any atom is -0.377 e. The molecule has 0 aromatic heterocycles. The molecule has 2 rings (SSSR count). The van der Waals surface area contributed by atoms with Crippen molar-refractivity contribution >= 4 is 0 Å². The van der Waals surface area contributed by atoms with Gasteiger partial charge < -0.3 is 10.5 Å². The van der Waals surface area contributed by atoms with Crippen LogP contribution in [0.5, 0.6) is 0 Å². The number of benzene rings is 1. The molecule has 3 atom stereocenters. The maximum atomic E-state index is 6.22. The maximum absolute atomic E-state index is 6.22. The number of hydrogen-bond donors (Lipinski definition) is 1. The highest BCUT2D eigenvalue weighted by molar-refractivity contribution is 5.15. The van der Waals surface area contributed by atoms with Crippen LogP contribution in [0.3, 0.4) is 0 Å². The first-order valence-corrected chi connectivity index (χ1v) is 7.08. The van der Waals surface area contributed by atoms with E-state index < -0.39 is 0 Å². The monoisotopic (exact) mass is 247 g/mol. The van der Waals surface area contributed by atoms with E-state index in [4.69, 9.17) is 10.5 Å². The predicted octanol–water partition coefficient (Wildman–Crippen LogP) is 3.01. The van der Waals surface area contributed by atoms with Gasteiger partial charge in [-0.1, -0.05) is 44.2 Å². The second kappa shape index (κ2) is 6.35. The third-order valence-electron chi connectivity index (χ3n) is 3.99. The molecule has 1 heterocycles. The topological polar surface area (TPSA) is 35.2 Å². The molecule has 2 heteroatoms. The van der Waals surface area contributed by atoms with Crippen LogP contribution in [0.2, 0.25) is 0 Å². The van der Waals surface area contributed by atoms with E-state index in [1.807, 2.05) is 0 Å². The van der Waals surface area contributed by atoms with Crippen LogP contribution in [-0.2, 0) is 11.2 Å². The van der Waals surface area contributed by atoms with Crippen molar-refractivity contribution in [2.24, 2.45) is 17.6 Å². The second-order valence-electron chi connectivity index (χ2n) is 5.81. The molecular weight excluding hydrogens is 222 g/mol. The summed E-state index contributed by atoms with van der Waals surface area (Å²) in [6, 6.07) is 10.9. The van der Waals surface area contributed by atoms with Gasteiger partial charge in [-0.3, -0.25) is 0 Å². The van der Waals surface area contributed by atoms with E-state index in [2.05, 4.69) is 44.2 Å². The maximum Gasteiger partial charge on any atom is 0.0731 e. The molecule has 1 saturated heterocycles. The summed E-state index contributed by atoms with van der Waals surface area (Å²) in [7, 11) is 0. The molecule has 0 aliphatic carbocycles. The zero-order valence-corrected chi connectivity index (χ0v) is 11.5. The Morgan fingerprint density at radius 2 is 2.00 bits per heavy atom. The van der Waals surface area contributed by atoms with Crippen LogP contribution in [-0.4, -0.2) is 18.8 Å². The Labute approximate surface area is 111 Å². The molecule has 1 aromatic carbocycles. The van der Waals surface area contributed by atoms with Gasteiger partial charge in [0, 0.05) is 12.6 Å². The summed E-state index contributed by atoms with van der Waals surface area (Å²) in [5, 5.41) is 0. The highest BCUT2D eigenvalue weighted by Crippen LogP contribution is 2.26. The first kappa shape index (κ1) is 13.6. The van der Waals surface area contributed by atoms with Crippen molar-refractivity contribution < 1.29 is 4.74 Å². The molecule has 18 heavy (non-hydrogen) atoms. The summed E-state index contributed by atoms with van der Waals surface area (Å²) in [5.41, 5.74) is 7.65. The van der Waals surface area contributed by atoms with Crippen LogP contribution in [0, 0.1) is 11.8 Å². The van der Waals surface area contributed by atoms with Crippen molar-refractivity contribution in [2.45, 2.75) is 45.3 Å². The molecule has 1 aliphatic heterocycles. The number of rotatable bonds is 4. The van der Waals surface area contributed by atoms with Crippen molar-refractivity contribution in [3.05, 3.63) is 35.9 Å². The Morgan fingerprint density at radius 1 is 1.28 bits per heavy atom. The fourth-order valence-electron chi connectivity index (χ4n) is 2.73. The van der Waals surface area contributed by atoms with Gasteiger partial charge in [0.25, 0.3) is 0 Å². The molecular formula is C16H25NO. The Bertz CT molecular complexity index is 349. The van der Waals surface area contributed by atoms with Crippen LogP contribution in [0.4, 0.5) is 0 Å². The number of hydrogen-bond acceptors (Lipinski definition) is 2. The number of nitrogens with two attached hydrogens (primary N) is 1. The van der Waals surface area contributed by atoms with Gasteiger partial charge in [-0.15, -0.1) is 0 Å². The average Bonchev–Trinajstić information content (AvgIpc) is 2.39. The molecule has 1 aliphatic rings. The summed E-state index contributed by atoms with van der Waals surface area (Å²) in [4.78, 5) is 0. The fraction of sp³-hybridized carbons (Fsp3) is 0.625. The van der Waals surface area contributed by atoms with Gasteiger partial charge in [-0.2, -0.15) is 0 Å². The first-order valence-electron chi connectivity index (χ1n) is 7.08. The van der Waals surface area contributed by atoms with E-state index >= 15 is 0 Å². The van der Waals surface area contributed by atoms with Gasteiger partial charge in [0.15, 0.2) is 0 Å². The van der Waals surface area contributed by atoms with E-state index in [0.717, 1.165) is 31.8 Å². The van der Waals surface area contributed by atoms with E-state index in [1.54, 1.807) is 0 Å². The largest absolute Gasteiger partial charge is 0.377 e. The van der Waals surface area contributed by atoms with Crippen LogP contribution in [0.15, 0.2) is 30.3 Å². The lowest BCUT2D eigenvalue weighted by molar-refractivity contribution is -0.0303. The Balaban J connectivity index is 1.91. The van der Waals surface area contributed by atoms with Crippen molar-refractivity contribution in [2.75, 3.05) is 6.61 Å². The van der Waals surface area contributed by atoms with E-state index in [9.17, 15) is 0 Å². The predicted molar refractivity (Wildman–Crippen MR) is 75.4 cm³/mol. The zero-order chi connectivity index (χ0) is 13.0. The molecule has 0 bridgehead atoms. The Morgan fingerprint density at radius 3 is 2.67 bits per heavy atom. The van der Waals surface area contributed by atoms with Crippen LogP contribution in [0.25, 0.3) is 0 Å². The second-order valence-corrected chi connectivity index (χ2v) is 5.81. The van der Waals surface area contributed by atoms with Gasteiger partial charge >= 0.3 is 0 Å². The standard InChI is InChI=1S/C16H25NO/c1-12(2)16(17)15-11-14(8-9-18-15)10-13-6-4-3-5-7-13/h3-7,12,14-16H,8-11,17H2,1-2H3/t14?,15?,16-/m0/s1. The molecule has 2 unspecified atom stereocenters. The summed E-state index contributed by atoms with van der Waals surface area (Å²) >= 11 is 0. The summed E-state index contributed by atoms with van der Waals surface area (Å²) < 4.78 is 5.84. The Kier molecular flexibility index (Phi) is 4.79. The van der Waals surface area contributed by atoms with Crippen LogP contribution in [0.1, 0.15) is 32.3 Å². The van der Waals surface area contributed by atoms with Crippen LogP contribution >= 0.6 is 0 Å². The van der Waals surface area contributed by atoms with E-state index in [-0.39, 0.29) is 12.1 Å². The fourth-order valence-corrected chi connectivity index (χ4v) is 2.73. The lowest BCUT2D eigenvalue weighted by atomic mass is 9.85. The lowest BCUT2D eigenvalue weighted by Crippen LogP contribution is -2.44. The van der Waals surface area contributed by atoms with Gasteiger partial charge in [0.1, 0.15) is 0 Å². The first-order chi connectivity index (χ1) is 8.66. The minimum absolute atomic E-state index is 0.170.